The number of carboxylic acids is 2. The molecule has 0 saturated heterocycles. The predicted octanol–water partition coefficient (Wildman–Crippen LogP) is 1.17. The Bertz CT molecular complexity index is 984. The molecule has 0 aliphatic carbocycles. The number of aromatic hydroxyl groups is 2. The van der Waals surface area contributed by atoms with E-state index in [1.54, 1.807) is 36.5 Å². The summed E-state index contributed by atoms with van der Waals surface area (Å²) in [7, 11) is 0. The van der Waals surface area contributed by atoms with E-state index in [1.165, 1.54) is 12.1 Å². The van der Waals surface area contributed by atoms with Gasteiger partial charge in [0.15, 0.2) is 0 Å². The maximum atomic E-state index is 10.6. The second-order valence-corrected chi connectivity index (χ2v) is 6.51. The zero-order valence-electron chi connectivity index (χ0n) is 15.4. The highest BCUT2D eigenvalue weighted by Crippen LogP contribution is 2.23. The van der Waals surface area contributed by atoms with Gasteiger partial charge in [-0.1, -0.05) is 12.1 Å². The first-order chi connectivity index (χ1) is 13.7. The van der Waals surface area contributed by atoms with Gasteiger partial charge in [-0.25, -0.2) is 0 Å². The first-order valence-electron chi connectivity index (χ1n) is 8.71. The van der Waals surface area contributed by atoms with E-state index < -0.39 is 24.0 Å². The largest absolute Gasteiger partial charge is 0.508 e. The van der Waals surface area contributed by atoms with Crippen molar-refractivity contribution in [1.82, 2.24) is 4.98 Å². The van der Waals surface area contributed by atoms with Crippen LogP contribution in [0.2, 0.25) is 0 Å². The third-order valence-corrected chi connectivity index (χ3v) is 4.22. The van der Waals surface area contributed by atoms with E-state index in [0.29, 0.717) is 0 Å². The quantitative estimate of drug-likeness (QED) is 0.321. The Hall–Kier alpha value is -3.56. The number of phenols is 2. The Labute approximate surface area is 166 Å². The molecule has 0 bridgehead atoms. The van der Waals surface area contributed by atoms with E-state index in [4.69, 9.17) is 26.8 Å². The van der Waals surface area contributed by atoms with E-state index in [1.807, 2.05) is 0 Å². The predicted molar refractivity (Wildman–Crippen MR) is 107 cm³/mol. The molecule has 9 heteroatoms. The van der Waals surface area contributed by atoms with Crippen LogP contribution in [0.1, 0.15) is 11.1 Å². The molecule has 1 aromatic heterocycles. The SMILES string of the molecule is N[C@@H](Cc1c[nH]c2ccc(O)cc12)C(=O)O.N[C@@H](Cc1ccc(O)cc1)C(=O)O. The molecule has 0 fully saturated rings. The molecule has 0 unspecified atom stereocenters. The molecule has 2 atom stereocenters. The van der Waals surface area contributed by atoms with Crippen molar-refractivity contribution in [2.75, 3.05) is 0 Å². The van der Waals surface area contributed by atoms with Crippen LogP contribution in [0, 0.1) is 0 Å². The van der Waals surface area contributed by atoms with Crippen LogP contribution in [0.25, 0.3) is 10.9 Å². The maximum Gasteiger partial charge on any atom is 0.320 e. The Kier molecular flexibility index (Phi) is 7.18. The molecule has 9 nitrogen and oxygen atoms in total. The van der Waals surface area contributed by atoms with Crippen molar-refractivity contribution in [3.8, 4) is 11.5 Å². The lowest BCUT2D eigenvalue weighted by molar-refractivity contribution is -0.139. The number of phenolic OH excluding ortho intramolecular Hbond substituents is 2. The van der Waals surface area contributed by atoms with Gasteiger partial charge in [-0.15, -0.1) is 0 Å². The third-order valence-electron chi connectivity index (χ3n) is 4.22. The second kappa shape index (κ2) is 9.58. The van der Waals surface area contributed by atoms with Gasteiger partial charge in [-0.05, 0) is 47.9 Å². The van der Waals surface area contributed by atoms with Crippen molar-refractivity contribution in [3.63, 3.8) is 0 Å². The standard InChI is InChI=1S/C11H12N2O3.C9H11NO3/c12-9(11(15)16)3-6-5-13-10-2-1-7(14)4-8(6)10;10-8(9(12)13)5-6-1-3-7(11)4-2-6/h1-2,4-5,9,13-14H,3,12H2,(H,15,16);1-4,8,11H,5,10H2,(H,12,13)/t9-;8-/m00/s1. The number of H-pyrrole nitrogens is 1. The number of benzene rings is 2. The fraction of sp³-hybridized carbons (Fsp3) is 0.200. The topological polar surface area (TPSA) is 183 Å². The Morgan fingerprint density at radius 3 is 2.00 bits per heavy atom. The van der Waals surface area contributed by atoms with Crippen LogP contribution in [0.4, 0.5) is 0 Å². The van der Waals surface area contributed by atoms with E-state index in [2.05, 4.69) is 4.98 Å². The first kappa shape index (κ1) is 21.7. The summed E-state index contributed by atoms with van der Waals surface area (Å²) < 4.78 is 0. The Balaban J connectivity index is 0.000000212. The van der Waals surface area contributed by atoms with Crippen molar-refractivity contribution in [2.45, 2.75) is 24.9 Å². The highest BCUT2D eigenvalue weighted by molar-refractivity contribution is 5.85. The van der Waals surface area contributed by atoms with Gasteiger partial charge >= 0.3 is 11.9 Å². The molecule has 29 heavy (non-hydrogen) atoms. The zero-order chi connectivity index (χ0) is 21.6. The molecule has 9 N–H and O–H groups in total. The number of aliphatic carboxylic acids is 2. The summed E-state index contributed by atoms with van der Waals surface area (Å²) in [5, 5.41) is 36.4. The van der Waals surface area contributed by atoms with Crippen LogP contribution in [-0.4, -0.2) is 49.4 Å². The van der Waals surface area contributed by atoms with Crippen LogP contribution >= 0.6 is 0 Å². The number of aromatic nitrogens is 1. The van der Waals surface area contributed by atoms with Crippen LogP contribution in [0.3, 0.4) is 0 Å². The third kappa shape index (κ3) is 6.23. The van der Waals surface area contributed by atoms with E-state index in [0.717, 1.165) is 22.0 Å². The summed E-state index contributed by atoms with van der Waals surface area (Å²) in [6.45, 7) is 0. The number of nitrogens with two attached hydrogens (primary N) is 2. The lowest BCUT2D eigenvalue weighted by Crippen LogP contribution is -2.32. The summed E-state index contributed by atoms with van der Waals surface area (Å²) in [6, 6.07) is 9.39. The summed E-state index contributed by atoms with van der Waals surface area (Å²) in [5.41, 5.74) is 13.2. The molecular weight excluding hydrogens is 378 g/mol. The van der Waals surface area contributed by atoms with Gasteiger partial charge < -0.3 is 36.9 Å². The fourth-order valence-electron chi connectivity index (χ4n) is 2.63. The second-order valence-electron chi connectivity index (χ2n) is 6.51. The van der Waals surface area contributed by atoms with Crippen molar-refractivity contribution in [1.29, 1.82) is 0 Å². The number of hydrogen-bond donors (Lipinski definition) is 7. The van der Waals surface area contributed by atoms with Crippen LogP contribution in [0.5, 0.6) is 11.5 Å². The van der Waals surface area contributed by atoms with Crippen molar-refractivity contribution < 1.29 is 30.0 Å². The van der Waals surface area contributed by atoms with Gasteiger partial charge in [0, 0.05) is 23.5 Å². The van der Waals surface area contributed by atoms with Gasteiger partial charge in [-0.2, -0.15) is 0 Å². The highest BCUT2D eigenvalue weighted by Gasteiger charge is 2.15. The van der Waals surface area contributed by atoms with Crippen LogP contribution < -0.4 is 11.5 Å². The molecule has 0 spiro atoms. The van der Waals surface area contributed by atoms with Crippen LogP contribution in [-0.2, 0) is 22.4 Å². The molecule has 1 heterocycles. The molecule has 3 rings (SSSR count). The average Bonchev–Trinajstić information content (AvgIpc) is 3.06. The smallest absolute Gasteiger partial charge is 0.320 e. The monoisotopic (exact) mass is 401 g/mol. The van der Waals surface area contributed by atoms with E-state index in [-0.39, 0.29) is 24.3 Å². The number of carboxylic acid groups (broad SMARTS) is 2. The maximum absolute atomic E-state index is 10.6. The summed E-state index contributed by atoms with van der Waals surface area (Å²) in [4.78, 5) is 24.0. The van der Waals surface area contributed by atoms with Crippen molar-refractivity contribution >= 4 is 22.8 Å². The van der Waals surface area contributed by atoms with E-state index >= 15 is 0 Å². The van der Waals surface area contributed by atoms with Gasteiger partial charge in [0.05, 0.1) is 0 Å². The van der Waals surface area contributed by atoms with Gasteiger partial charge in [0.1, 0.15) is 23.6 Å². The van der Waals surface area contributed by atoms with Gasteiger partial charge in [0.2, 0.25) is 0 Å². The fourth-order valence-corrected chi connectivity index (χ4v) is 2.63. The number of nitrogens with one attached hydrogen (secondary N) is 1. The minimum atomic E-state index is -1.03. The molecule has 0 amide bonds. The molecule has 2 aromatic carbocycles. The number of hydrogen-bond acceptors (Lipinski definition) is 6. The lowest BCUT2D eigenvalue weighted by Gasteiger charge is -2.05. The summed E-state index contributed by atoms with van der Waals surface area (Å²) in [6.07, 6.45) is 2.22. The molecule has 0 aliphatic heterocycles. The average molecular weight is 401 g/mol. The summed E-state index contributed by atoms with van der Waals surface area (Å²) in [5.74, 6) is -1.74. The van der Waals surface area contributed by atoms with Crippen molar-refractivity contribution in [3.05, 3.63) is 59.8 Å². The lowest BCUT2D eigenvalue weighted by atomic mass is 10.1. The molecule has 0 radical (unpaired) electrons. The molecule has 154 valence electrons. The molecular formula is C20H23N3O6. The zero-order valence-corrected chi connectivity index (χ0v) is 15.4. The molecule has 3 aromatic rings. The summed E-state index contributed by atoms with van der Waals surface area (Å²) >= 11 is 0. The van der Waals surface area contributed by atoms with Crippen molar-refractivity contribution in [2.24, 2.45) is 11.5 Å². The first-order valence-corrected chi connectivity index (χ1v) is 8.71. The minimum Gasteiger partial charge on any atom is -0.508 e. The van der Waals surface area contributed by atoms with Gasteiger partial charge in [-0.3, -0.25) is 9.59 Å². The minimum absolute atomic E-state index is 0.150. The Morgan fingerprint density at radius 1 is 0.862 bits per heavy atom. The number of fused-ring (bicyclic) bond motifs is 1. The van der Waals surface area contributed by atoms with Crippen LogP contribution in [0.15, 0.2) is 48.7 Å². The molecule has 0 aliphatic rings. The highest BCUT2D eigenvalue weighted by atomic mass is 16.4. The number of aromatic amines is 1. The van der Waals surface area contributed by atoms with Gasteiger partial charge in [0.25, 0.3) is 0 Å². The Morgan fingerprint density at radius 2 is 1.41 bits per heavy atom. The number of carbonyl (C=O) groups is 2. The normalized spacial score (nSPS) is 12.6. The number of rotatable bonds is 6. The molecule has 0 saturated carbocycles. The van der Waals surface area contributed by atoms with E-state index in [9.17, 15) is 14.7 Å².